The Morgan fingerprint density at radius 1 is 1.14 bits per heavy atom. The first kappa shape index (κ1) is 18.9. The van der Waals surface area contributed by atoms with Crippen molar-refractivity contribution >= 4 is 10.0 Å². The van der Waals surface area contributed by atoms with Crippen LogP contribution in [0.4, 0.5) is 0 Å². The van der Waals surface area contributed by atoms with Crippen molar-refractivity contribution in [1.29, 1.82) is 0 Å². The van der Waals surface area contributed by atoms with Gasteiger partial charge in [0.25, 0.3) is 0 Å². The molecule has 0 aromatic carbocycles. The average molecular weight is 320 g/mol. The van der Waals surface area contributed by atoms with Crippen LogP contribution in [0.15, 0.2) is 0 Å². The van der Waals surface area contributed by atoms with Crippen LogP contribution < -0.4 is 5.73 Å². The third-order valence-corrected chi connectivity index (χ3v) is 6.37. The molecule has 21 heavy (non-hydrogen) atoms. The summed E-state index contributed by atoms with van der Waals surface area (Å²) < 4.78 is 26.7. The van der Waals surface area contributed by atoms with Crippen molar-refractivity contribution in [3.63, 3.8) is 0 Å². The van der Waals surface area contributed by atoms with E-state index < -0.39 is 10.0 Å². The van der Waals surface area contributed by atoms with Gasteiger partial charge in [-0.15, -0.1) is 0 Å². The maximum Gasteiger partial charge on any atom is 0.214 e. The first-order chi connectivity index (χ1) is 9.69. The van der Waals surface area contributed by atoms with Crippen LogP contribution in [0.3, 0.4) is 0 Å². The highest BCUT2D eigenvalue weighted by Crippen LogP contribution is 2.21. The largest absolute Gasteiger partial charge is 0.330 e. The fourth-order valence-corrected chi connectivity index (χ4v) is 5.08. The predicted octanol–water partition coefficient (Wildman–Crippen LogP) is 1.50. The van der Waals surface area contributed by atoms with Gasteiger partial charge in [-0.3, -0.25) is 4.90 Å². The summed E-state index contributed by atoms with van der Waals surface area (Å²) in [5.74, 6) is 0.222. The quantitative estimate of drug-likeness (QED) is 0.805. The summed E-state index contributed by atoms with van der Waals surface area (Å²) in [7, 11) is -3.15. The predicted molar refractivity (Wildman–Crippen MR) is 88.8 cm³/mol. The number of hydrogen-bond acceptors (Lipinski definition) is 4. The molecule has 126 valence electrons. The molecule has 1 saturated heterocycles. The topological polar surface area (TPSA) is 66.6 Å². The van der Waals surface area contributed by atoms with E-state index in [0.29, 0.717) is 25.7 Å². The smallest absolute Gasteiger partial charge is 0.214 e. The third kappa shape index (κ3) is 6.22. The molecule has 2 N–H and O–H groups in total. The molecule has 6 heteroatoms. The van der Waals surface area contributed by atoms with E-state index in [0.717, 1.165) is 32.4 Å². The lowest BCUT2D eigenvalue weighted by atomic mass is 10.0. The van der Waals surface area contributed by atoms with E-state index in [1.807, 2.05) is 20.8 Å². The highest BCUT2D eigenvalue weighted by atomic mass is 32.2. The van der Waals surface area contributed by atoms with Crippen molar-refractivity contribution in [2.24, 2.45) is 11.1 Å². The average Bonchev–Trinajstić information content (AvgIpc) is 2.59. The van der Waals surface area contributed by atoms with Gasteiger partial charge < -0.3 is 5.73 Å². The zero-order chi connectivity index (χ0) is 16.1. The van der Waals surface area contributed by atoms with E-state index in [9.17, 15) is 8.42 Å². The van der Waals surface area contributed by atoms with Gasteiger partial charge in [0.05, 0.1) is 5.75 Å². The molecule has 1 heterocycles. The van der Waals surface area contributed by atoms with Crippen LogP contribution >= 0.6 is 0 Å². The molecule has 0 bridgehead atoms. The molecule has 0 spiro atoms. The van der Waals surface area contributed by atoms with Crippen LogP contribution in [0.2, 0.25) is 0 Å². The standard InChI is InChI=1S/C15H33N3O2S/c1-5-14(7-8-16)17-9-6-10-18(12-11-17)21(19,20)13-15(2,3)4/h14H,5-13,16H2,1-4H3. The van der Waals surface area contributed by atoms with E-state index >= 15 is 0 Å². The zero-order valence-corrected chi connectivity index (χ0v) is 15.0. The van der Waals surface area contributed by atoms with E-state index in [4.69, 9.17) is 5.73 Å². The Hall–Kier alpha value is -0.170. The second-order valence-corrected chi connectivity index (χ2v) is 9.21. The summed E-state index contributed by atoms with van der Waals surface area (Å²) in [5, 5.41) is 0. The molecular weight excluding hydrogens is 286 g/mol. The summed E-state index contributed by atoms with van der Waals surface area (Å²) in [6.07, 6.45) is 2.97. The summed E-state index contributed by atoms with van der Waals surface area (Å²) in [6.45, 7) is 11.9. The lowest BCUT2D eigenvalue weighted by Crippen LogP contribution is -2.41. The lowest BCUT2D eigenvalue weighted by molar-refractivity contribution is 0.192. The van der Waals surface area contributed by atoms with Crippen molar-refractivity contribution in [3.05, 3.63) is 0 Å². The number of nitrogens with two attached hydrogens (primary N) is 1. The summed E-state index contributed by atoms with van der Waals surface area (Å²) >= 11 is 0. The zero-order valence-electron chi connectivity index (χ0n) is 14.1. The number of nitrogens with zero attached hydrogens (tertiary/aromatic N) is 2. The highest BCUT2D eigenvalue weighted by Gasteiger charge is 2.30. The van der Waals surface area contributed by atoms with Gasteiger partial charge in [-0.05, 0) is 37.8 Å². The number of rotatable bonds is 6. The van der Waals surface area contributed by atoms with Crippen molar-refractivity contribution < 1.29 is 8.42 Å². The molecule has 1 aliphatic heterocycles. The molecular formula is C15H33N3O2S. The monoisotopic (exact) mass is 319 g/mol. The van der Waals surface area contributed by atoms with Gasteiger partial charge in [0, 0.05) is 25.7 Å². The van der Waals surface area contributed by atoms with E-state index in [2.05, 4.69) is 11.8 Å². The fourth-order valence-electron chi connectivity index (χ4n) is 3.03. The van der Waals surface area contributed by atoms with Crippen LogP contribution in [-0.2, 0) is 10.0 Å². The van der Waals surface area contributed by atoms with Gasteiger partial charge in [0.1, 0.15) is 0 Å². The van der Waals surface area contributed by atoms with Gasteiger partial charge in [-0.2, -0.15) is 0 Å². The minimum Gasteiger partial charge on any atom is -0.330 e. The van der Waals surface area contributed by atoms with Crippen LogP contribution in [-0.4, -0.2) is 62.1 Å². The van der Waals surface area contributed by atoms with E-state index in [-0.39, 0.29) is 11.2 Å². The van der Waals surface area contributed by atoms with Crippen LogP contribution in [0.5, 0.6) is 0 Å². The molecule has 1 atom stereocenters. The van der Waals surface area contributed by atoms with Gasteiger partial charge in [-0.25, -0.2) is 12.7 Å². The molecule has 0 aliphatic carbocycles. The normalized spacial score (nSPS) is 21.2. The molecule has 0 radical (unpaired) electrons. The third-order valence-electron chi connectivity index (χ3n) is 3.99. The number of sulfonamides is 1. The Bertz CT molecular complexity index is 404. The van der Waals surface area contributed by atoms with Gasteiger partial charge in [0.15, 0.2) is 0 Å². The minimum atomic E-state index is -3.15. The maximum atomic E-state index is 12.5. The molecule has 1 unspecified atom stereocenters. The van der Waals surface area contributed by atoms with Crippen molar-refractivity contribution in [2.45, 2.75) is 53.0 Å². The first-order valence-corrected chi connectivity index (χ1v) is 9.72. The second-order valence-electron chi connectivity index (χ2n) is 7.24. The lowest BCUT2D eigenvalue weighted by Gasteiger charge is -2.30. The minimum absolute atomic E-state index is 0.198. The molecule has 1 fully saturated rings. The molecule has 5 nitrogen and oxygen atoms in total. The summed E-state index contributed by atoms with van der Waals surface area (Å²) in [5.41, 5.74) is 5.49. The molecule has 0 aromatic rings. The molecule has 0 saturated carbocycles. The molecule has 0 amide bonds. The highest BCUT2D eigenvalue weighted by molar-refractivity contribution is 7.89. The van der Waals surface area contributed by atoms with Crippen molar-refractivity contribution in [2.75, 3.05) is 38.5 Å². The first-order valence-electron chi connectivity index (χ1n) is 8.11. The summed E-state index contributed by atoms with van der Waals surface area (Å²) in [4.78, 5) is 2.42. The van der Waals surface area contributed by atoms with Crippen molar-refractivity contribution in [1.82, 2.24) is 9.21 Å². The van der Waals surface area contributed by atoms with E-state index in [1.165, 1.54) is 0 Å². The van der Waals surface area contributed by atoms with Crippen LogP contribution in [0.25, 0.3) is 0 Å². The van der Waals surface area contributed by atoms with E-state index in [1.54, 1.807) is 4.31 Å². The molecule has 1 rings (SSSR count). The van der Waals surface area contributed by atoms with Gasteiger partial charge in [0.2, 0.25) is 10.0 Å². The maximum absolute atomic E-state index is 12.5. The Morgan fingerprint density at radius 3 is 2.33 bits per heavy atom. The Morgan fingerprint density at radius 2 is 1.81 bits per heavy atom. The fraction of sp³-hybridized carbons (Fsp3) is 1.00. The Kier molecular flexibility index (Phi) is 7.10. The van der Waals surface area contributed by atoms with Crippen LogP contribution in [0.1, 0.15) is 47.0 Å². The second kappa shape index (κ2) is 7.90. The Balaban J connectivity index is 2.67. The van der Waals surface area contributed by atoms with Gasteiger partial charge >= 0.3 is 0 Å². The summed E-state index contributed by atoms with van der Waals surface area (Å²) in [6, 6.07) is 0.486. The molecule has 0 aromatic heterocycles. The van der Waals surface area contributed by atoms with Crippen molar-refractivity contribution in [3.8, 4) is 0 Å². The Labute approximate surface area is 130 Å². The van der Waals surface area contributed by atoms with Crippen LogP contribution in [0, 0.1) is 5.41 Å². The molecule has 1 aliphatic rings. The van der Waals surface area contributed by atoms with Gasteiger partial charge in [-0.1, -0.05) is 27.7 Å². The number of hydrogen-bond donors (Lipinski definition) is 1. The SMILES string of the molecule is CCC(CCN)N1CCCN(S(=O)(=O)CC(C)(C)C)CC1.